The van der Waals surface area contributed by atoms with Gasteiger partial charge in [0, 0.05) is 22.6 Å². The second-order valence-corrected chi connectivity index (χ2v) is 6.58. The van der Waals surface area contributed by atoms with Gasteiger partial charge in [-0.3, -0.25) is 0 Å². The molecule has 1 N–H and O–H groups in total. The fourth-order valence-corrected chi connectivity index (χ4v) is 2.59. The van der Waals surface area contributed by atoms with Crippen LogP contribution < -0.4 is 5.32 Å². The highest BCUT2D eigenvalue weighted by Gasteiger charge is 2.28. The van der Waals surface area contributed by atoms with Crippen molar-refractivity contribution >= 4 is 23.2 Å². The van der Waals surface area contributed by atoms with E-state index in [1.165, 1.54) is 18.4 Å². The van der Waals surface area contributed by atoms with Crippen molar-refractivity contribution in [3.63, 3.8) is 0 Å². The van der Waals surface area contributed by atoms with Crippen LogP contribution >= 0.6 is 23.2 Å². The fraction of sp³-hybridized carbons (Fsp3) is 0.600. The first kappa shape index (κ1) is 14.2. The quantitative estimate of drug-likeness (QED) is 0.799. The van der Waals surface area contributed by atoms with Crippen molar-refractivity contribution in [2.45, 2.75) is 45.6 Å². The van der Waals surface area contributed by atoms with Crippen LogP contribution in [-0.2, 0) is 6.42 Å². The molecule has 1 unspecified atom stereocenters. The molecule has 0 bridgehead atoms. The van der Waals surface area contributed by atoms with E-state index in [-0.39, 0.29) is 5.41 Å². The van der Waals surface area contributed by atoms with Crippen molar-refractivity contribution in [3.05, 3.63) is 33.8 Å². The Morgan fingerprint density at radius 2 is 2.06 bits per heavy atom. The van der Waals surface area contributed by atoms with Crippen molar-refractivity contribution in [1.29, 1.82) is 0 Å². The normalized spacial score (nSPS) is 18.7. The lowest BCUT2D eigenvalue weighted by molar-refractivity contribution is 0.289. The second kappa shape index (κ2) is 5.81. The van der Waals surface area contributed by atoms with Gasteiger partial charge in [-0.05, 0) is 48.8 Å². The van der Waals surface area contributed by atoms with Crippen LogP contribution in [0.4, 0.5) is 0 Å². The van der Waals surface area contributed by atoms with Gasteiger partial charge in [-0.15, -0.1) is 0 Å². The number of benzene rings is 1. The van der Waals surface area contributed by atoms with E-state index >= 15 is 0 Å². The summed E-state index contributed by atoms with van der Waals surface area (Å²) in [6.07, 6.45) is 4.81. The zero-order valence-corrected chi connectivity index (χ0v) is 12.6. The molecule has 3 heteroatoms. The Morgan fingerprint density at radius 3 is 2.61 bits per heavy atom. The summed E-state index contributed by atoms with van der Waals surface area (Å²) in [5.74, 6) is 0. The highest BCUT2D eigenvalue weighted by atomic mass is 35.5. The van der Waals surface area contributed by atoms with Crippen molar-refractivity contribution in [2.24, 2.45) is 5.41 Å². The van der Waals surface area contributed by atoms with E-state index in [1.54, 1.807) is 0 Å². The summed E-state index contributed by atoms with van der Waals surface area (Å²) < 4.78 is 0. The van der Waals surface area contributed by atoms with E-state index in [2.05, 4.69) is 25.2 Å². The molecule has 1 aromatic carbocycles. The number of hydrogen-bond donors (Lipinski definition) is 1. The lowest BCUT2D eigenvalue weighted by atomic mass is 9.81. The lowest BCUT2D eigenvalue weighted by Crippen LogP contribution is -2.34. The van der Waals surface area contributed by atoms with Crippen LogP contribution in [0.5, 0.6) is 0 Å². The maximum absolute atomic E-state index is 6.26. The Hall–Kier alpha value is -0.240. The number of hydrogen-bond acceptors (Lipinski definition) is 1. The molecule has 0 heterocycles. The average Bonchev–Trinajstić information content (AvgIpc) is 3.14. The summed E-state index contributed by atoms with van der Waals surface area (Å²) in [4.78, 5) is 0. The molecule has 0 radical (unpaired) electrons. The van der Waals surface area contributed by atoms with E-state index in [1.807, 2.05) is 12.1 Å². The second-order valence-electron chi connectivity index (χ2n) is 5.73. The smallest absolute Gasteiger partial charge is 0.0453 e. The van der Waals surface area contributed by atoms with Gasteiger partial charge in [-0.1, -0.05) is 43.1 Å². The summed E-state index contributed by atoms with van der Waals surface area (Å²) >= 11 is 12.2. The third-order valence-corrected chi connectivity index (χ3v) is 4.47. The predicted octanol–water partition coefficient (Wildman–Crippen LogP) is 4.70. The maximum atomic E-state index is 6.26. The van der Waals surface area contributed by atoms with E-state index in [0.29, 0.717) is 5.02 Å². The Balaban J connectivity index is 2.02. The molecule has 1 aliphatic carbocycles. The molecule has 0 saturated heterocycles. The van der Waals surface area contributed by atoms with E-state index in [4.69, 9.17) is 23.2 Å². The minimum Gasteiger partial charge on any atom is -0.313 e. The van der Waals surface area contributed by atoms with Crippen molar-refractivity contribution < 1.29 is 0 Å². The van der Waals surface area contributed by atoms with Gasteiger partial charge in [0.05, 0.1) is 0 Å². The van der Waals surface area contributed by atoms with E-state index in [9.17, 15) is 0 Å². The zero-order valence-electron chi connectivity index (χ0n) is 11.1. The summed E-state index contributed by atoms with van der Waals surface area (Å²) in [5, 5.41) is 5.12. The molecular weight excluding hydrogens is 265 g/mol. The average molecular weight is 286 g/mol. The van der Waals surface area contributed by atoms with E-state index < -0.39 is 0 Å². The molecule has 0 aromatic heterocycles. The first-order valence-corrected chi connectivity index (χ1v) is 7.45. The summed E-state index contributed by atoms with van der Waals surface area (Å²) in [7, 11) is 0. The van der Waals surface area contributed by atoms with Gasteiger partial charge in [0.2, 0.25) is 0 Å². The Bertz CT molecular complexity index is 415. The minimum atomic E-state index is 0.264. The Labute approximate surface area is 120 Å². The number of nitrogens with one attached hydrogen (secondary N) is 1. The van der Waals surface area contributed by atoms with Crippen LogP contribution in [0.2, 0.25) is 10.0 Å². The molecule has 0 amide bonds. The first-order chi connectivity index (χ1) is 8.52. The lowest BCUT2D eigenvalue weighted by Gasteiger charge is -2.29. The van der Waals surface area contributed by atoms with Crippen molar-refractivity contribution in [1.82, 2.24) is 5.32 Å². The fourth-order valence-electron chi connectivity index (χ4n) is 2.12. The van der Waals surface area contributed by atoms with Crippen LogP contribution in [0.3, 0.4) is 0 Å². The Kier molecular flexibility index (Phi) is 4.58. The molecule has 2 rings (SSSR count). The van der Waals surface area contributed by atoms with Gasteiger partial charge in [-0.25, -0.2) is 0 Å². The summed E-state index contributed by atoms with van der Waals surface area (Å²) in [6, 6.07) is 6.57. The molecule has 1 aromatic rings. The van der Waals surface area contributed by atoms with Crippen LogP contribution in [0.15, 0.2) is 18.2 Å². The molecule has 100 valence electrons. The van der Waals surface area contributed by atoms with Crippen molar-refractivity contribution in [2.75, 3.05) is 6.54 Å². The largest absolute Gasteiger partial charge is 0.313 e. The third kappa shape index (κ3) is 3.88. The standard InChI is InChI=1S/C15H21Cl2N/c1-3-15(2,10-18-13-6-7-13)9-11-4-5-12(16)8-14(11)17/h4-5,8,13,18H,3,6-7,9-10H2,1-2H3. The van der Waals surface area contributed by atoms with Crippen LogP contribution in [0, 0.1) is 5.41 Å². The molecule has 0 spiro atoms. The first-order valence-electron chi connectivity index (χ1n) is 6.70. The van der Waals surface area contributed by atoms with Gasteiger partial charge in [0.15, 0.2) is 0 Å². The maximum Gasteiger partial charge on any atom is 0.0453 e. The molecule has 1 fully saturated rings. The molecule has 1 saturated carbocycles. The van der Waals surface area contributed by atoms with Gasteiger partial charge < -0.3 is 5.32 Å². The third-order valence-electron chi connectivity index (χ3n) is 3.88. The zero-order chi connectivity index (χ0) is 13.2. The minimum absolute atomic E-state index is 0.264. The van der Waals surface area contributed by atoms with Gasteiger partial charge >= 0.3 is 0 Å². The van der Waals surface area contributed by atoms with Crippen LogP contribution in [0.1, 0.15) is 38.7 Å². The van der Waals surface area contributed by atoms with Gasteiger partial charge in [0.25, 0.3) is 0 Å². The monoisotopic (exact) mass is 285 g/mol. The predicted molar refractivity (Wildman–Crippen MR) is 79.6 cm³/mol. The van der Waals surface area contributed by atoms with Crippen LogP contribution in [-0.4, -0.2) is 12.6 Å². The summed E-state index contributed by atoms with van der Waals surface area (Å²) in [5.41, 5.74) is 1.46. The number of rotatable bonds is 6. The number of halogens is 2. The topological polar surface area (TPSA) is 12.0 Å². The molecule has 1 atom stereocenters. The van der Waals surface area contributed by atoms with Crippen molar-refractivity contribution in [3.8, 4) is 0 Å². The SMILES string of the molecule is CCC(C)(CNC1CC1)Cc1ccc(Cl)cc1Cl. The molecule has 1 aliphatic rings. The summed E-state index contributed by atoms with van der Waals surface area (Å²) in [6.45, 7) is 5.64. The Morgan fingerprint density at radius 1 is 1.33 bits per heavy atom. The molecule has 18 heavy (non-hydrogen) atoms. The van der Waals surface area contributed by atoms with Crippen LogP contribution in [0.25, 0.3) is 0 Å². The van der Waals surface area contributed by atoms with Gasteiger partial charge in [0.1, 0.15) is 0 Å². The molecular formula is C15H21Cl2N. The van der Waals surface area contributed by atoms with Gasteiger partial charge in [-0.2, -0.15) is 0 Å². The van der Waals surface area contributed by atoms with E-state index in [0.717, 1.165) is 30.5 Å². The highest BCUT2D eigenvalue weighted by molar-refractivity contribution is 6.35. The molecule has 0 aliphatic heterocycles. The highest BCUT2D eigenvalue weighted by Crippen LogP contribution is 2.31. The molecule has 1 nitrogen and oxygen atoms in total.